The van der Waals surface area contributed by atoms with Crippen molar-refractivity contribution in [1.29, 1.82) is 0 Å². The first-order chi connectivity index (χ1) is 16.2. The van der Waals surface area contributed by atoms with Crippen LogP contribution in [-0.2, 0) is 16.0 Å². The van der Waals surface area contributed by atoms with Gasteiger partial charge >= 0.3 is 5.97 Å². The molecule has 2 heterocycles. The summed E-state index contributed by atoms with van der Waals surface area (Å²) in [5, 5.41) is 7.11. The number of hydrogen-bond acceptors (Lipinski definition) is 6. The smallest absolute Gasteiger partial charge is 0.306 e. The van der Waals surface area contributed by atoms with Gasteiger partial charge in [0.15, 0.2) is 5.82 Å². The van der Waals surface area contributed by atoms with Gasteiger partial charge in [0.2, 0.25) is 0 Å². The second-order valence-corrected chi connectivity index (χ2v) is 9.00. The number of benzene rings is 2. The lowest BCUT2D eigenvalue weighted by Gasteiger charge is -2.19. The molecule has 0 fully saturated rings. The molecule has 34 heavy (non-hydrogen) atoms. The molecule has 2 aromatic carbocycles. The van der Waals surface area contributed by atoms with Crippen LogP contribution in [0.1, 0.15) is 45.9 Å². The maximum absolute atomic E-state index is 13.5. The molecule has 0 atom stereocenters. The lowest BCUT2D eigenvalue weighted by molar-refractivity contribution is -0.154. The molecular weight excluding hydrogens is 437 g/mol. The number of hydrogen-bond donors (Lipinski definition) is 1. The van der Waals surface area contributed by atoms with Crippen molar-refractivity contribution in [3.63, 3.8) is 0 Å². The molecule has 0 spiro atoms. The number of aromatic nitrogens is 5. The second kappa shape index (κ2) is 9.54. The summed E-state index contributed by atoms with van der Waals surface area (Å²) in [6.07, 6.45) is 3.36. The highest BCUT2D eigenvalue weighted by molar-refractivity contribution is 5.82. The summed E-state index contributed by atoms with van der Waals surface area (Å²) in [4.78, 5) is 34.4. The summed E-state index contributed by atoms with van der Waals surface area (Å²) in [6.45, 7) is 5.50. The summed E-state index contributed by atoms with van der Waals surface area (Å²) in [5.74, 6) is 0.459. The highest BCUT2D eigenvalue weighted by Gasteiger charge is 2.17. The Balaban J connectivity index is 1.66. The van der Waals surface area contributed by atoms with E-state index in [0.717, 1.165) is 5.56 Å². The van der Waals surface area contributed by atoms with Crippen LogP contribution in [0.15, 0.2) is 53.6 Å². The average Bonchev–Trinajstić information content (AvgIpc) is 3.31. The molecule has 0 unspecified atom stereocenters. The zero-order valence-corrected chi connectivity index (χ0v) is 19.3. The van der Waals surface area contributed by atoms with E-state index >= 15 is 0 Å². The monoisotopic (exact) mass is 463 g/mol. The molecule has 0 saturated heterocycles. The van der Waals surface area contributed by atoms with Crippen LogP contribution in [0.25, 0.3) is 28.0 Å². The molecular formula is C25H26FN5O3. The third-order valence-electron chi connectivity index (χ3n) is 5.16. The molecule has 0 aliphatic rings. The molecule has 0 amide bonds. The predicted molar refractivity (Wildman–Crippen MR) is 126 cm³/mol. The van der Waals surface area contributed by atoms with Crippen LogP contribution in [0, 0.1) is 5.82 Å². The SMILES string of the molecule is CC(C)(C)OC(=O)CCCCc1nc2cc(-c3ncn[nH]3)ccc2c(=O)n1-c1ccc(F)cc1. The fourth-order valence-corrected chi connectivity index (χ4v) is 3.69. The molecule has 2 aromatic heterocycles. The van der Waals surface area contributed by atoms with Gasteiger partial charge in [0.05, 0.1) is 16.6 Å². The topological polar surface area (TPSA) is 103 Å². The number of unbranched alkanes of at least 4 members (excludes halogenated alkanes) is 1. The van der Waals surface area contributed by atoms with Crippen molar-refractivity contribution in [1.82, 2.24) is 24.7 Å². The fraction of sp³-hybridized carbons (Fsp3) is 0.320. The third kappa shape index (κ3) is 5.36. The Morgan fingerprint density at radius 3 is 2.56 bits per heavy atom. The molecule has 4 aromatic rings. The van der Waals surface area contributed by atoms with Gasteiger partial charge in [0, 0.05) is 18.4 Å². The number of esters is 1. The molecule has 0 radical (unpaired) electrons. The minimum absolute atomic E-state index is 0.247. The van der Waals surface area contributed by atoms with Crippen molar-refractivity contribution >= 4 is 16.9 Å². The van der Waals surface area contributed by atoms with Gasteiger partial charge in [-0.25, -0.2) is 14.4 Å². The summed E-state index contributed by atoms with van der Waals surface area (Å²) >= 11 is 0. The number of nitrogens with one attached hydrogen (secondary N) is 1. The number of rotatable bonds is 7. The van der Waals surface area contributed by atoms with Crippen molar-refractivity contribution < 1.29 is 13.9 Å². The fourth-order valence-electron chi connectivity index (χ4n) is 3.69. The van der Waals surface area contributed by atoms with E-state index in [9.17, 15) is 14.0 Å². The number of fused-ring (bicyclic) bond motifs is 1. The zero-order chi connectivity index (χ0) is 24.3. The first kappa shape index (κ1) is 23.3. The van der Waals surface area contributed by atoms with Gasteiger partial charge in [-0.2, -0.15) is 5.10 Å². The standard InChI is InChI=1S/C25H26FN5O3/c1-25(2,3)34-22(32)7-5-4-6-21-29-20-14-16(23-27-15-28-30-23)8-13-19(20)24(33)31(21)18-11-9-17(26)10-12-18/h8-15H,4-7H2,1-3H3,(H,27,28,30). The molecule has 9 heteroatoms. The third-order valence-corrected chi connectivity index (χ3v) is 5.16. The van der Waals surface area contributed by atoms with Crippen molar-refractivity contribution in [3.05, 3.63) is 70.8 Å². The lowest BCUT2D eigenvalue weighted by Crippen LogP contribution is -2.24. The highest BCUT2D eigenvalue weighted by Crippen LogP contribution is 2.21. The summed E-state index contributed by atoms with van der Waals surface area (Å²) in [7, 11) is 0. The minimum atomic E-state index is -0.527. The van der Waals surface area contributed by atoms with Gasteiger partial charge in [-0.05, 0) is 70.0 Å². The molecule has 0 aliphatic heterocycles. The van der Waals surface area contributed by atoms with Crippen molar-refractivity contribution in [2.24, 2.45) is 0 Å². The summed E-state index contributed by atoms with van der Waals surface area (Å²) in [5.41, 5.74) is 1.04. The van der Waals surface area contributed by atoms with Crippen molar-refractivity contribution in [3.8, 4) is 17.1 Å². The number of ether oxygens (including phenoxy) is 1. The number of aryl methyl sites for hydroxylation is 1. The Bertz CT molecular complexity index is 1360. The van der Waals surface area contributed by atoms with Gasteiger partial charge in [-0.1, -0.05) is 6.07 Å². The lowest BCUT2D eigenvalue weighted by atomic mass is 10.1. The maximum Gasteiger partial charge on any atom is 0.306 e. The van der Waals surface area contributed by atoms with Crippen LogP contribution in [0.4, 0.5) is 4.39 Å². The van der Waals surface area contributed by atoms with E-state index in [1.165, 1.54) is 23.0 Å². The quantitative estimate of drug-likeness (QED) is 0.323. The largest absolute Gasteiger partial charge is 0.460 e. The number of halogens is 1. The molecule has 0 bridgehead atoms. The minimum Gasteiger partial charge on any atom is -0.460 e. The van der Waals surface area contributed by atoms with E-state index in [4.69, 9.17) is 9.72 Å². The van der Waals surface area contributed by atoms with Crippen LogP contribution in [0.2, 0.25) is 0 Å². The number of carbonyl (C=O) groups excluding carboxylic acids is 1. The normalized spacial score (nSPS) is 11.6. The Morgan fingerprint density at radius 2 is 1.88 bits per heavy atom. The summed E-state index contributed by atoms with van der Waals surface area (Å²) in [6, 6.07) is 11.0. The molecule has 1 N–H and O–H groups in total. The van der Waals surface area contributed by atoms with E-state index in [0.29, 0.717) is 47.5 Å². The molecule has 4 rings (SSSR count). The van der Waals surface area contributed by atoms with Gasteiger partial charge in [0.1, 0.15) is 23.6 Å². The van der Waals surface area contributed by atoms with E-state index in [1.807, 2.05) is 20.8 Å². The molecule has 176 valence electrons. The van der Waals surface area contributed by atoms with Gasteiger partial charge in [-0.15, -0.1) is 0 Å². The Kier molecular flexibility index (Phi) is 6.54. The number of H-pyrrole nitrogens is 1. The van der Waals surface area contributed by atoms with E-state index in [2.05, 4.69) is 15.2 Å². The number of aromatic amines is 1. The average molecular weight is 464 g/mol. The van der Waals surface area contributed by atoms with Gasteiger partial charge < -0.3 is 4.74 Å². The van der Waals surface area contributed by atoms with Crippen LogP contribution < -0.4 is 5.56 Å². The zero-order valence-electron chi connectivity index (χ0n) is 19.3. The van der Waals surface area contributed by atoms with Crippen LogP contribution in [0.3, 0.4) is 0 Å². The maximum atomic E-state index is 13.5. The van der Waals surface area contributed by atoms with E-state index < -0.39 is 5.60 Å². The van der Waals surface area contributed by atoms with Crippen LogP contribution >= 0.6 is 0 Å². The Labute approximate surface area is 195 Å². The second-order valence-electron chi connectivity index (χ2n) is 9.00. The van der Waals surface area contributed by atoms with Gasteiger partial charge in [0.25, 0.3) is 5.56 Å². The van der Waals surface area contributed by atoms with Crippen LogP contribution in [0.5, 0.6) is 0 Å². The number of carbonyl (C=O) groups is 1. The molecule has 0 saturated carbocycles. The first-order valence-corrected chi connectivity index (χ1v) is 11.1. The van der Waals surface area contributed by atoms with E-state index in [-0.39, 0.29) is 23.8 Å². The Hall–Kier alpha value is -3.88. The number of nitrogens with zero attached hydrogens (tertiary/aromatic N) is 4. The summed E-state index contributed by atoms with van der Waals surface area (Å²) < 4.78 is 20.4. The highest BCUT2D eigenvalue weighted by atomic mass is 19.1. The van der Waals surface area contributed by atoms with Crippen molar-refractivity contribution in [2.75, 3.05) is 0 Å². The van der Waals surface area contributed by atoms with Crippen molar-refractivity contribution in [2.45, 2.75) is 52.1 Å². The molecule has 0 aliphatic carbocycles. The molecule has 8 nitrogen and oxygen atoms in total. The first-order valence-electron chi connectivity index (χ1n) is 11.1. The van der Waals surface area contributed by atoms with Gasteiger partial charge in [-0.3, -0.25) is 19.3 Å². The van der Waals surface area contributed by atoms with Crippen LogP contribution in [-0.4, -0.2) is 36.3 Å². The predicted octanol–water partition coefficient (Wildman–Crippen LogP) is 4.36. The van der Waals surface area contributed by atoms with E-state index in [1.54, 1.807) is 30.3 Å². The Morgan fingerprint density at radius 1 is 1.12 bits per heavy atom.